The summed E-state index contributed by atoms with van der Waals surface area (Å²) in [6, 6.07) is 4.50. The van der Waals surface area contributed by atoms with Gasteiger partial charge in [0, 0.05) is 26.2 Å². The van der Waals surface area contributed by atoms with Gasteiger partial charge in [-0.25, -0.2) is 8.42 Å². The minimum atomic E-state index is -3.65. The Morgan fingerprint density at radius 1 is 1.45 bits per heavy atom. The first-order valence-electron chi connectivity index (χ1n) is 6.37. The fourth-order valence-electron chi connectivity index (χ4n) is 2.05. The molecule has 0 saturated heterocycles. The smallest absolute Gasteiger partial charge is 0.244 e. The number of likely N-dealkylation sites (N-methyl/N-ethyl adjacent to an activating group) is 1. The van der Waals surface area contributed by atoms with E-state index in [2.05, 4.69) is 0 Å². The monoisotopic (exact) mass is 320 g/mol. The van der Waals surface area contributed by atoms with E-state index in [1.807, 2.05) is 0 Å². The molecule has 0 radical (unpaired) electrons. The molecule has 114 valence electrons. The Bertz CT molecular complexity index is 549. The number of nitrogens with zero attached hydrogens (tertiary/aromatic N) is 1. The number of rotatable bonds is 7. The molecule has 0 fully saturated rings. The van der Waals surface area contributed by atoms with Gasteiger partial charge in [-0.2, -0.15) is 4.31 Å². The zero-order valence-electron chi connectivity index (χ0n) is 12.0. The Morgan fingerprint density at radius 3 is 2.55 bits per heavy atom. The largest absolute Gasteiger partial charge is 0.383 e. The van der Waals surface area contributed by atoms with E-state index in [-0.39, 0.29) is 16.0 Å². The van der Waals surface area contributed by atoms with E-state index in [0.717, 1.165) is 5.56 Å². The fourth-order valence-corrected chi connectivity index (χ4v) is 4.22. The number of benzene rings is 1. The second-order valence-electron chi connectivity index (χ2n) is 4.48. The van der Waals surface area contributed by atoms with E-state index in [9.17, 15) is 8.42 Å². The quantitative estimate of drug-likeness (QED) is 0.832. The van der Waals surface area contributed by atoms with Crippen molar-refractivity contribution in [2.75, 3.05) is 20.3 Å². The van der Waals surface area contributed by atoms with Crippen LogP contribution in [-0.2, 0) is 21.3 Å². The maximum Gasteiger partial charge on any atom is 0.244 e. The fraction of sp³-hybridized carbons (Fsp3) is 0.538. The predicted molar refractivity (Wildman–Crippen MR) is 80.2 cm³/mol. The van der Waals surface area contributed by atoms with Gasteiger partial charge in [0.05, 0.1) is 11.6 Å². The van der Waals surface area contributed by atoms with Crippen LogP contribution in [0.25, 0.3) is 0 Å². The number of hydrogen-bond acceptors (Lipinski definition) is 4. The van der Waals surface area contributed by atoms with Crippen LogP contribution in [0.4, 0.5) is 0 Å². The average molecular weight is 321 g/mol. The van der Waals surface area contributed by atoms with Crippen LogP contribution in [0.5, 0.6) is 0 Å². The molecule has 1 rings (SSSR count). The van der Waals surface area contributed by atoms with E-state index >= 15 is 0 Å². The SMILES string of the molecule is CCN(C(C)COC)S(=O)(=O)c1ccc(CN)cc1Cl. The average Bonchev–Trinajstić information content (AvgIpc) is 2.38. The number of halogens is 1. The van der Waals surface area contributed by atoms with E-state index in [1.165, 1.54) is 10.4 Å². The van der Waals surface area contributed by atoms with Crippen LogP contribution in [0.1, 0.15) is 19.4 Å². The molecule has 0 bridgehead atoms. The first kappa shape index (κ1) is 17.4. The van der Waals surface area contributed by atoms with Crippen molar-refractivity contribution >= 4 is 21.6 Å². The summed E-state index contributed by atoms with van der Waals surface area (Å²) < 4.78 is 31.7. The molecule has 7 heteroatoms. The molecule has 5 nitrogen and oxygen atoms in total. The van der Waals surface area contributed by atoms with Gasteiger partial charge in [0.15, 0.2) is 0 Å². The Kier molecular flexibility index (Phi) is 6.42. The molecular formula is C13H21ClN2O3S. The highest BCUT2D eigenvalue weighted by molar-refractivity contribution is 7.89. The molecular weight excluding hydrogens is 300 g/mol. The molecule has 20 heavy (non-hydrogen) atoms. The van der Waals surface area contributed by atoms with Crippen molar-refractivity contribution in [2.45, 2.75) is 31.3 Å². The van der Waals surface area contributed by atoms with Crippen molar-refractivity contribution in [1.82, 2.24) is 4.31 Å². The lowest BCUT2D eigenvalue weighted by Crippen LogP contribution is -2.40. The standard InChI is InChI=1S/C13H21ClN2O3S/c1-4-16(10(2)9-19-3)20(17,18)13-6-5-11(8-15)7-12(13)14/h5-7,10H,4,8-9,15H2,1-3H3. The normalized spacial score (nSPS) is 13.7. The van der Waals surface area contributed by atoms with Crippen molar-refractivity contribution in [3.63, 3.8) is 0 Å². The molecule has 0 amide bonds. The molecule has 1 unspecified atom stereocenters. The van der Waals surface area contributed by atoms with Gasteiger partial charge in [-0.1, -0.05) is 24.6 Å². The Hall–Kier alpha value is -0.660. The highest BCUT2D eigenvalue weighted by Gasteiger charge is 2.29. The van der Waals surface area contributed by atoms with Gasteiger partial charge in [0.1, 0.15) is 4.90 Å². The summed E-state index contributed by atoms with van der Waals surface area (Å²) in [6.45, 7) is 4.57. The molecule has 1 aromatic carbocycles. The van der Waals surface area contributed by atoms with Crippen LogP contribution in [0, 0.1) is 0 Å². The number of methoxy groups -OCH3 is 1. The van der Waals surface area contributed by atoms with Gasteiger partial charge in [-0.05, 0) is 24.6 Å². The van der Waals surface area contributed by atoms with E-state index < -0.39 is 10.0 Å². The Labute approximate surface area is 125 Å². The summed E-state index contributed by atoms with van der Waals surface area (Å²) in [7, 11) is -2.11. The van der Waals surface area contributed by atoms with Crippen LogP contribution < -0.4 is 5.73 Å². The third-order valence-electron chi connectivity index (χ3n) is 3.03. The van der Waals surface area contributed by atoms with Gasteiger partial charge in [0.25, 0.3) is 0 Å². The zero-order valence-corrected chi connectivity index (χ0v) is 13.5. The number of hydrogen-bond donors (Lipinski definition) is 1. The summed E-state index contributed by atoms with van der Waals surface area (Å²) >= 11 is 6.08. The summed E-state index contributed by atoms with van der Waals surface area (Å²) in [6.07, 6.45) is 0. The molecule has 1 aromatic rings. The minimum Gasteiger partial charge on any atom is -0.383 e. The van der Waals surface area contributed by atoms with Gasteiger partial charge in [-0.3, -0.25) is 0 Å². The summed E-state index contributed by atoms with van der Waals surface area (Å²) in [4.78, 5) is 0.0983. The summed E-state index contributed by atoms with van der Waals surface area (Å²) in [5.41, 5.74) is 6.31. The Balaban J connectivity index is 3.20. The lowest BCUT2D eigenvalue weighted by atomic mass is 10.2. The zero-order chi connectivity index (χ0) is 15.3. The summed E-state index contributed by atoms with van der Waals surface area (Å²) in [5, 5.41) is 0.191. The Morgan fingerprint density at radius 2 is 2.10 bits per heavy atom. The number of ether oxygens (including phenoxy) is 1. The first-order valence-corrected chi connectivity index (χ1v) is 8.19. The van der Waals surface area contributed by atoms with Crippen LogP contribution in [0.3, 0.4) is 0 Å². The highest BCUT2D eigenvalue weighted by atomic mass is 35.5. The van der Waals surface area contributed by atoms with Crippen molar-refractivity contribution in [3.05, 3.63) is 28.8 Å². The number of sulfonamides is 1. The van der Waals surface area contributed by atoms with Crippen LogP contribution in [-0.4, -0.2) is 39.0 Å². The topological polar surface area (TPSA) is 72.6 Å². The third kappa shape index (κ3) is 3.71. The van der Waals surface area contributed by atoms with E-state index in [0.29, 0.717) is 19.7 Å². The third-order valence-corrected chi connectivity index (χ3v) is 5.60. The molecule has 0 saturated carbocycles. The molecule has 0 aliphatic heterocycles. The van der Waals surface area contributed by atoms with Crippen molar-refractivity contribution in [1.29, 1.82) is 0 Å². The molecule has 0 aromatic heterocycles. The second-order valence-corrected chi connectivity index (χ2v) is 6.75. The molecule has 0 heterocycles. The van der Waals surface area contributed by atoms with Crippen LogP contribution >= 0.6 is 11.6 Å². The molecule has 1 atom stereocenters. The lowest BCUT2D eigenvalue weighted by molar-refractivity contribution is 0.142. The minimum absolute atomic E-state index is 0.0983. The van der Waals surface area contributed by atoms with Crippen molar-refractivity contribution < 1.29 is 13.2 Å². The van der Waals surface area contributed by atoms with Crippen LogP contribution in [0.15, 0.2) is 23.1 Å². The maximum absolute atomic E-state index is 12.7. The number of nitrogens with two attached hydrogens (primary N) is 1. The molecule has 0 aliphatic rings. The van der Waals surface area contributed by atoms with Crippen molar-refractivity contribution in [3.8, 4) is 0 Å². The molecule has 0 aliphatic carbocycles. The molecule has 0 spiro atoms. The van der Waals surface area contributed by atoms with E-state index in [4.69, 9.17) is 22.1 Å². The highest BCUT2D eigenvalue weighted by Crippen LogP contribution is 2.26. The van der Waals surface area contributed by atoms with E-state index in [1.54, 1.807) is 33.1 Å². The molecule has 2 N–H and O–H groups in total. The summed E-state index contributed by atoms with van der Waals surface area (Å²) in [5.74, 6) is 0. The predicted octanol–water partition coefficient (Wildman–Crippen LogP) is 1.84. The van der Waals surface area contributed by atoms with Crippen LogP contribution in [0.2, 0.25) is 5.02 Å². The van der Waals surface area contributed by atoms with Gasteiger partial charge in [0.2, 0.25) is 10.0 Å². The van der Waals surface area contributed by atoms with Gasteiger partial charge < -0.3 is 10.5 Å². The maximum atomic E-state index is 12.7. The van der Waals surface area contributed by atoms with Gasteiger partial charge in [-0.15, -0.1) is 0 Å². The second kappa shape index (κ2) is 7.38. The lowest BCUT2D eigenvalue weighted by Gasteiger charge is -2.27. The van der Waals surface area contributed by atoms with Crippen molar-refractivity contribution in [2.24, 2.45) is 5.73 Å². The first-order chi connectivity index (χ1) is 9.38. The van der Waals surface area contributed by atoms with Gasteiger partial charge >= 0.3 is 0 Å².